The lowest BCUT2D eigenvalue weighted by atomic mass is 10.1. The van der Waals surface area contributed by atoms with Crippen molar-refractivity contribution in [2.45, 2.75) is 38.1 Å². The van der Waals surface area contributed by atoms with E-state index in [9.17, 15) is 22.8 Å². The van der Waals surface area contributed by atoms with E-state index in [0.717, 1.165) is 43.6 Å². The van der Waals surface area contributed by atoms with Crippen LogP contribution in [0, 0.1) is 0 Å². The minimum Gasteiger partial charge on any atom is -0.406 e. The fraction of sp³-hybridized carbons (Fsp3) is 0.429. The molecule has 168 valence electrons. The number of thiophene rings is 1. The summed E-state index contributed by atoms with van der Waals surface area (Å²) in [5.74, 6) is -2.10. The molecule has 1 aromatic carbocycles. The van der Waals surface area contributed by atoms with Crippen molar-refractivity contribution in [1.29, 1.82) is 0 Å². The number of halogens is 3. The van der Waals surface area contributed by atoms with Gasteiger partial charge in [-0.25, -0.2) is 0 Å². The number of nitrogens with zero attached hydrogens (tertiary/aromatic N) is 1. The molecular formula is C21H24F3N3O3S. The molecular weight excluding hydrogens is 431 g/mol. The summed E-state index contributed by atoms with van der Waals surface area (Å²) in [6, 6.07) is 6.60. The number of hydrogen-bond acceptors (Lipinski definition) is 5. The summed E-state index contributed by atoms with van der Waals surface area (Å²) in [7, 11) is 0. The number of alkyl halides is 3. The highest BCUT2D eigenvalue weighted by Gasteiger charge is 2.31. The fourth-order valence-corrected chi connectivity index (χ4v) is 4.23. The van der Waals surface area contributed by atoms with Crippen molar-refractivity contribution in [2.75, 3.05) is 25.0 Å². The molecule has 0 unspecified atom stereocenters. The van der Waals surface area contributed by atoms with Gasteiger partial charge < -0.3 is 15.4 Å². The second-order valence-electron chi connectivity index (χ2n) is 7.26. The molecule has 1 aromatic heterocycles. The number of nitrogens with one attached hydrogen (secondary N) is 2. The molecule has 0 bridgehead atoms. The van der Waals surface area contributed by atoms with Gasteiger partial charge in [-0.15, -0.1) is 13.2 Å². The van der Waals surface area contributed by atoms with E-state index in [0.29, 0.717) is 6.54 Å². The fourth-order valence-electron chi connectivity index (χ4n) is 3.53. The molecule has 2 aromatic rings. The van der Waals surface area contributed by atoms with Gasteiger partial charge in [-0.05, 0) is 72.6 Å². The van der Waals surface area contributed by atoms with Crippen LogP contribution < -0.4 is 15.4 Å². The topological polar surface area (TPSA) is 70.7 Å². The lowest BCUT2D eigenvalue weighted by Crippen LogP contribution is -2.42. The van der Waals surface area contributed by atoms with Gasteiger partial charge in [0.2, 0.25) is 0 Å². The van der Waals surface area contributed by atoms with E-state index in [1.54, 1.807) is 11.3 Å². The Balaban J connectivity index is 1.56. The number of carbonyl (C=O) groups excluding carboxylic acids is 2. The molecule has 1 aliphatic heterocycles. The average Bonchev–Trinajstić information content (AvgIpc) is 3.11. The first-order valence-corrected chi connectivity index (χ1v) is 11.0. The predicted octanol–water partition coefficient (Wildman–Crippen LogP) is 4.32. The van der Waals surface area contributed by atoms with Crippen LogP contribution >= 0.6 is 11.3 Å². The predicted molar refractivity (Wildman–Crippen MR) is 112 cm³/mol. The van der Waals surface area contributed by atoms with Gasteiger partial charge in [0, 0.05) is 12.2 Å². The van der Waals surface area contributed by atoms with Crippen molar-refractivity contribution in [3.05, 3.63) is 46.7 Å². The number of likely N-dealkylation sites (tertiary alicyclic amines) is 1. The Morgan fingerprint density at radius 3 is 2.29 bits per heavy atom. The van der Waals surface area contributed by atoms with E-state index in [4.69, 9.17) is 0 Å². The monoisotopic (exact) mass is 455 g/mol. The Labute approximate surface area is 182 Å². The van der Waals surface area contributed by atoms with Crippen molar-refractivity contribution in [1.82, 2.24) is 10.2 Å². The van der Waals surface area contributed by atoms with Gasteiger partial charge in [0.25, 0.3) is 0 Å². The smallest absolute Gasteiger partial charge is 0.406 e. The van der Waals surface area contributed by atoms with Gasteiger partial charge in [-0.2, -0.15) is 11.3 Å². The van der Waals surface area contributed by atoms with Gasteiger partial charge in [-0.3, -0.25) is 14.5 Å². The van der Waals surface area contributed by atoms with Crippen molar-refractivity contribution < 1.29 is 27.5 Å². The lowest BCUT2D eigenvalue weighted by Gasteiger charge is -2.30. The number of rotatable bonds is 6. The van der Waals surface area contributed by atoms with E-state index < -0.39 is 23.9 Å². The maximum absolute atomic E-state index is 12.3. The summed E-state index contributed by atoms with van der Waals surface area (Å²) in [5.41, 5.74) is 1.30. The summed E-state index contributed by atoms with van der Waals surface area (Å²) in [5, 5.41) is 9.11. The molecule has 0 radical (unpaired) electrons. The van der Waals surface area contributed by atoms with Gasteiger partial charge in [0.1, 0.15) is 5.75 Å². The Hall–Kier alpha value is -2.59. The summed E-state index contributed by atoms with van der Waals surface area (Å²) >= 11 is 1.58. The maximum atomic E-state index is 12.3. The highest BCUT2D eigenvalue weighted by Crippen LogP contribution is 2.26. The molecule has 3 rings (SSSR count). The van der Waals surface area contributed by atoms with E-state index in [1.807, 2.05) is 16.8 Å². The van der Waals surface area contributed by atoms with E-state index in [2.05, 4.69) is 20.3 Å². The zero-order valence-electron chi connectivity index (χ0n) is 16.8. The van der Waals surface area contributed by atoms with Gasteiger partial charge in [0.15, 0.2) is 0 Å². The normalized spacial score (nSPS) is 16.2. The van der Waals surface area contributed by atoms with Crippen molar-refractivity contribution >= 4 is 28.8 Å². The van der Waals surface area contributed by atoms with Crippen LogP contribution in [0.3, 0.4) is 0 Å². The zero-order chi connectivity index (χ0) is 22.3. The first-order valence-electron chi connectivity index (χ1n) is 10.0. The molecule has 6 nitrogen and oxygen atoms in total. The second kappa shape index (κ2) is 10.6. The molecule has 2 N–H and O–H groups in total. The van der Waals surface area contributed by atoms with Crippen LogP contribution in [-0.4, -0.2) is 42.7 Å². The Morgan fingerprint density at radius 2 is 1.71 bits per heavy atom. The molecule has 0 spiro atoms. The third-order valence-corrected chi connectivity index (χ3v) is 5.72. The molecule has 1 atom stereocenters. The van der Waals surface area contributed by atoms with Gasteiger partial charge in [0.05, 0.1) is 6.04 Å². The van der Waals surface area contributed by atoms with Crippen molar-refractivity contribution in [2.24, 2.45) is 0 Å². The van der Waals surface area contributed by atoms with Crippen molar-refractivity contribution in [3.63, 3.8) is 0 Å². The third kappa shape index (κ3) is 7.25. The summed E-state index contributed by atoms with van der Waals surface area (Å²) in [4.78, 5) is 26.9. The number of ether oxygens (including phenoxy) is 1. The van der Waals surface area contributed by atoms with E-state index in [-0.39, 0.29) is 11.7 Å². The van der Waals surface area contributed by atoms with E-state index in [1.165, 1.54) is 25.0 Å². The molecule has 2 amide bonds. The van der Waals surface area contributed by atoms with Crippen LogP contribution in [0.2, 0.25) is 0 Å². The molecule has 0 saturated carbocycles. The Morgan fingerprint density at radius 1 is 1.03 bits per heavy atom. The highest BCUT2D eigenvalue weighted by molar-refractivity contribution is 7.08. The zero-order valence-corrected chi connectivity index (χ0v) is 17.6. The molecule has 1 fully saturated rings. The van der Waals surface area contributed by atoms with Crippen LogP contribution in [0.4, 0.5) is 18.9 Å². The highest BCUT2D eigenvalue weighted by atomic mass is 32.1. The molecule has 1 aliphatic rings. The first kappa shape index (κ1) is 23.1. The molecule has 10 heteroatoms. The van der Waals surface area contributed by atoms with Crippen LogP contribution in [0.15, 0.2) is 41.1 Å². The minimum atomic E-state index is -4.79. The third-order valence-electron chi connectivity index (χ3n) is 5.02. The SMILES string of the molecule is O=C(NC[C@H](c1ccsc1)N1CCCCCC1)C(=O)Nc1ccc(OC(F)(F)F)cc1. The van der Waals surface area contributed by atoms with Crippen LogP contribution in [0.25, 0.3) is 0 Å². The van der Waals surface area contributed by atoms with Gasteiger partial charge >= 0.3 is 18.2 Å². The molecule has 31 heavy (non-hydrogen) atoms. The van der Waals surface area contributed by atoms with E-state index >= 15 is 0 Å². The average molecular weight is 456 g/mol. The van der Waals surface area contributed by atoms with Crippen LogP contribution in [0.5, 0.6) is 5.75 Å². The summed E-state index contributed by atoms with van der Waals surface area (Å²) in [6.07, 6.45) is -0.216. The molecule has 2 heterocycles. The number of hydrogen-bond donors (Lipinski definition) is 2. The largest absolute Gasteiger partial charge is 0.573 e. The molecule has 0 aliphatic carbocycles. The Bertz CT molecular complexity index is 849. The minimum absolute atomic E-state index is 0.0140. The summed E-state index contributed by atoms with van der Waals surface area (Å²) in [6.45, 7) is 2.17. The number of benzene rings is 1. The lowest BCUT2D eigenvalue weighted by molar-refractivity contribution is -0.274. The van der Waals surface area contributed by atoms with Gasteiger partial charge in [-0.1, -0.05) is 12.8 Å². The first-order chi connectivity index (χ1) is 14.8. The second-order valence-corrected chi connectivity index (χ2v) is 8.04. The molecule has 1 saturated heterocycles. The quantitative estimate of drug-likeness (QED) is 0.637. The standard InChI is InChI=1S/C21H24F3N3O3S/c22-21(23,24)30-17-7-5-16(6-8-17)26-20(29)19(28)25-13-18(15-9-12-31-14-15)27-10-3-1-2-4-11-27/h5-9,12,14,18H,1-4,10-11,13H2,(H,25,28)(H,26,29)/t18-/m1/s1. The van der Waals surface area contributed by atoms with Crippen LogP contribution in [0.1, 0.15) is 37.3 Å². The number of amides is 2. The number of carbonyl (C=O) groups is 2. The number of anilines is 1. The summed E-state index contributed by atoms with van der Waals surface area (Å²) < 4.78 is 40.4. The van der Waals surface area contributed by atoms with Crippen LogP contribution in [-0.2, 0) is 9.59 Å². The van der Waals surface area contributed by atoms with Crippen molar-refractivity contribution in [3.8, 4) is 5.75 Å². The Kier molecular flexibility index (Phi) is 7.91. The maximum Gasteiger partial charge on any atom is 0.573 e.